The van der Waals surface area contributed by atoms with Crippen LogP contribution in [0.4, 0.5) is 0 Å². The van der Waals surface area contributed by atoms with Crippen LogP contribution in [0.15, 0.2) is 48.2 Å². The molecular formula is C25H27ClN2O3. The van der Waals surface area contributed by atoms with Gasteiger partial charge in [-0.1, -0.05) is 29.8 Å². The number of halogens is 1. The molecule has 2 heterocycles. The number of aryl methyl sites for hydroxylation is 2. The van der Waals surface area contributed by atoms with Crippen LogP contribution in [0.5, 0.6) is 5.75 Å². The molecule has 2 amide bonds. The summed E-state index contributed by atoms with van der Waals surface area (Å²) in [5, 5.41) is 0.597. The number of benzene rings is 2. The predicted octanol–water partition coefficient (Wildman–Crippen LogP) is 4.60. The van der Waals surface area contributed by atoms with Gasteiger partial charge in [0.15, 0.2) is 0 Å². The quantitative estimate of drug-likeness (QED) is 0.618. The second-order valence-electron chi connectivity index (χ2n) is 8.21. The summed E-state index contributed by atoms with van der Waals surface area (Å²) in [6.07, 6.45) is 3.19. The first-order valence-electron chi connectivity index (χ1n) is 10.8. The van der Waals surface area contributed by atoms with Gasteiger partial charge in [-0.05, 0) is 74.1 Å². The summed E-state index contributed by atoms with van der Waals surface area (Å²) in [7, 11) is 0. The van der Waals surface area contributed by atoms with Crippen LogP contribution in [-0.2, 0) is 9.59 Å². The average molecular weight is 439 g/mol. The van der Waals surface area contributed by atoms with E-state index in [1.165, 1.54) is 4.90 Å². The van der Waals surface area contributed by atoms with Gasteiger partial charge in [0.05, 0.1) is 12.1 Å². The van der Waals surface area contributed by atoms with Crippen molar-refractivity contribution in [2.75, 3.05) is 26.2 Å². The molecule has 162 valence electrons. The summed E-state index contributed by atoms with van der Waals surface area (Å²) >= 11 is 6.04. The molecule has 2 aliphatic rings. The number of carbonyl (C=O) groups excluding carboxylic acids is 2. The van der Waals surface area contributed by atoms with Crippen molar-refractivity contribution in [1.29, 1.82) is 0 Å². The number of hydrogen-bond acceptors (Lipinski definition) is 4. The maximum absolute atomic E-state index is 13.3. The van der Waals surface area contributed by atoms with Crippen molar-refractivity contribution in [2.24, 2.45) is 0 Å². The zero-order valence-electron chi connectivity index (χ0n) is 18.0. The van der Waals surface area contributed by atoms with Gasteiger partial charge in [-0.15, -0.1) is 0 Å². The second-order valence-corrected chi connectivity index (χ2v) is 8.65. The first kappa shape index (κ1) is 21.4. The lowest BCUT2D eigenvalue weighted by atomic mass is 10.0. The predicted molar refractivity (Wildman–Crippen MR) is 122 cm³/mol. The molecule has 5 nitrogen and oxygen atoms in total. The molecule has 4 rings (SSSR count). The Morgan fingerprint density at radius 3 is 2.19 bits per heavy atom. The van der Waals surface area contributed by atoms with E-state index < -0.39 is 0 Å². The third kappa shape index (κ3) is 4.62. The third-order valence-corrected chi connectivity index (χ3v) is 5.98. The molecule has 1 fully saturated rings. The van der Waals surface area contributed by atoms with Gasteiger partial charge in [-0.2, -0.15) is 0 Å². The van der Waals surface area contributed by atoms with Crippen molar-refractivity contribution in [3.63, 3.8) is 0 Å². The number of nitrogens with zero attached hydrogens (tertiary/aromatic N) is 2. The average Bonchev–Trinajstić information content (AvgIpc) is 2.99. The van der Waals surface area contributed by atoms with E-state index >= 15 is 0 Å². The fourth-order valence-electron chi connectivity index (χ4n) is 4.32. The van der Waals surface area contributed by atoms with E-state index in [1.807, 2.05) is 38.1 Å². The van der Waals surface area contributed by atoms with Crippen molar-refractivity contribution in [3.8, 4) is 5.75 Å². The molecule has 0 aliphatic carbocycles. The van der Waals surface area contributed by atoms with E-state index in [1.54, 1.807) is 12.1 Å². The van der Waals surface area contributed by atoms with Gasteiger partial charge in [-0.3, -0.25) is 14.5 Å². The van der Waals surface area contributed by atoms with Crippen LogP contribution < -0.4 is 4.74 Å². The normalized spacial score (nSPS) is 17.0. The van der Waals surface area contributed by atoms with Crippen LogP contribution in [0.1, 0.15) is 36.0 Å². The molecule has 6 heteroatoms. The first-order valence-corrected chi connectivity index (χ1v) is 11.1. The van der Waals surface area contributed by atoms with Crippen molar-refractivity contribution >= 4 is 29.0 Å². The van der Waals surface area contributed by atoms with E-state index in [-0.39, 0.29) is 25.0 Å². The third-order valence-electron chi connectivity index (χ3n) is 5.73. The van der Waals surface area contributed by atoms with Crippen molar-refractivity contribution < 1.29 is 14.3 Å². The van der Waals surface area contributed by atoms with Gasteiger partial charge < -0.3 is 9.64 Å². The van der Waals surface area contributed by atoms with E-state index in [0.717, 1.165) is 54.8 Å². The Morgan fingerprint density at radius 2 is 1.55 bits per heavy atom. The SMILES string of the molecule is Cc1cc(C)cc(OCCN2C(=O)C(c3ccc(Cl)cc3)=C(N3CCCCC3)C2=O)c1. The van der Waals surface area contributed by atoms with Gasteiger partial charge in [0.1, 0.15) is 18.1 Å². The van der Waals surface area contributed by atoms with Crippen LogP contribution in [0, 0.1) is 13.8 Å². The Morgan fingerprint density at radius 1 is 0.903 bits per heavy atom. The van der Waals surface area contributed by atoms with Crippen molar-refractivity contribution in [3.05, 3.63) is 69.9 Å². The lowest BCUT2D eigenvalue weighted by Gasteiger charge is -2.29. The van der Waals surface area contributed by atoms with E-state index in [0.29, 0.717) is 16.3 Å². The van der Waals surface area contributed by atoms with Crippen LogP contribution >= 0.6 is 11.6 Å². The number of imide groups is 1. The number of rotatable bonds is 6. The lowest BCUT2D eigenvalue weighted by Crippen LogP contribution is -2.39. The highest BCUT2D eigenvalue weighted by Crippen LogP contribution is 2.33. The maximum Gasteiger partial charge on any atom is 0.277 e. The monoisotopic (exact) mass is 438 g/mol. The molecule has 31 heavy (non-hydrogen) atoms. The fourth-order valence-corrected chi connectivity index (χ4v) is 4.45. The Balaban J connectivity index is 1.56. The standard InChI is InChI=1S/C25H27ClN2O3/c1-17-14-18(2)16-21(15-17)31-13-12-28-24(29)22(19-6-8-20(26)9-7-19)23(25(28)30)27-10-4-3-5-11-27/h6-9,14-16H,3-5,10-13H2,1-2H3. The summed E-state index contributed by atoms with van der Waals surface area (Å²) in [5.74, 6) is 0.247. The van der Waals surface area contributed by atoms with Gasteiger partial charge >= 0.3 is 0 Å². The minimum Gasteiger partial charge on any atom is -0.492 e. The summed E-state index contributed by atoms with van der Waals surface area (Å²) in [6, 6.07) is 13.1. The van der Waals surface area contributed by atoms with Gasteiger partial charge in [0.2, 0.25) is 0 Å². The lowest BCUT2D eigenvalue weighted by molar-refractivity contribution is -0.138. The molecule has 0 radical (unpaired) electrons. The smallest absolute Gasteiger partial charge is 0.277 e. The summed E-state index contributed by atoms with van der Waals surface area (Å²) in [4.78, 5) is 30.1. The highest BCUT2D eigenvalue weighted by atomic mass is 35.5. The molecule has 0 atom stereocenters. The Kier molecular flexibility index (Phi) is 6.33. The molecule has 1 saturated heterocycles. The number of piperidine rings is 1. The van der Waals surface area contributed by atoms with Crippen molar-refractivity contribution in [1.82, 2.24) is 9.80 Å². The first-order chi connectivity index (χ1) is 14.9. The van der Waals surface area contributed by atoms with Crippen LogP contribution in [0.2, 0.25) is 5.02 Å². The summed E-state index contributed by atoms with van der Waals surface area (Å²) < 4.78 is 5.87. The Labute approximate surface area is 188 Å². The molecule has 2 aromatic rings. The topological polar surface area (TPSA) is 49.9 Å². The molecular weight excluding hydrogens is 412 g/mol. The summed E-state index contributed by atoms with van der Waals surface area (Å²) in [5.41, 5.74) is 3.93. The van der Waals surface area contributed by atoms with Crippen LogP contribution in [0.3, 0.4) is 0 Å². The van der Waals surface area contributed by atoms with E-state index in [2.05, 4.69) is 11.0 Å². The largest absolute Gasteiger partial charge is 0.492 e. The minimum atomic E-state index is -0.267. The summed E-state index contributed by atoms with van der Waals surface area (Å²) in [6.45, 7) is 6.07. The molecule has 2 aliphatic heterocycles. The zero-order chi connectivity index (χ0) is 22.0. The zero-order valence-corrected chi connectivity index (χ0v) is 18.7. The molecule has 0 N–H and O–H groups in total. The number of ether oxygens (including phenoxy) is 1. The molecule has 0 spiro atoms. The van der Waals surface area contributed by atoms with Crippen LogP contribution in [0.25, 0.3) is 5.57 Å². The van der Waals surface area contributed by atoms with Crippen molar-refractivity contribution in [2.45, 2.75) is 33.1 Å². The van der Waals surface area contributed by atoms with E-state index in [9.17, 15) is 9.59 Å². The van der Waals surface area contributed by atoms with E-state index in [4.69, 9.17) is 16.3 Å². The molecule has 0 saturated carbocycles. The minimum absolute atomic E-state index is 0.207. The van der Waals surface area contributed by atoms with Gasteiger partial charge in [0.25, 0.3) is 11.8 Å². The maximum atomic E-state index is 13.3. The van der Waals surface area contributed by atoms with Crippen LogP contribution in [-0.4, -0.2) is 47.9 Å². The van der Waals surface area contributed by atoms with Gasteiger partial charge in [-0.25, -0.2) is 0 Å². The number of hydrogen-bond donors (Lipinski definition) is 0. The second kappa shape index (κ2) is 9.15. The molecule has 0 bridgehead atoms. The Hall–Kier alpha value is -2.79. The Bertz CT molecular complexity index is 1000. The highest BCUT2D eigenvalue weighted by molar-refractivity contribution is 6.36. The number of amides is 2. The molecule has 0 aromatic heterocycles. The fraction of sp³-hybridized carbons (Fsp3) is 0.360. The highest BCUT2D eigenvalue weighted by Gasteiger charge is 2.41. The molecule has 2 aromatic carbocycles. The number of carbonyl (C=O) groups is 2. The molecule has 0 unspecified atom stereocenters. The number of likely N-dealkylation sites (tertiary alicyclic amines) is 1. The van der Waals surface area contributed by atoms with Gasteiger partial charge in [0, 0.05) is 18.1 Å².